The minimum atomic E-state index is -0.702. The van der Waals surface area contributed by atoms with E-state index in [0.717, 1.165) is 10.9 Å². The molecule has 4 nitrogen and oxygen atoms in total. The van der Waals surface area contributed by atoms with Gasteiger partial charge in [0.1, 0.15) is 11.6 Å². The van der Waals surface area contributed by atoms with Crippen molar-refractivity contribution in [3.63, 3.8) is 0 Å². The van der Waals surface area contributed by atoms with E-state index in [9.17, 15) is 10.1 Å². The Kier molecular flexibility index (Phi) is 3.40. The van der Waals surface area contributed by atoms with Crippen LogP contribution in [-0.2, 0) is 0 Å². The Morgan fingerprint density at radius 1 is 1.10 bits per heavy atom. The monoisotopic (exact) mass is 276 g/mol. The van der Waals surface area contributed by atoms with Gasteiger partial charge in [-0.1, -0.05) is 48.5 Å². The van der Waals surface area contributed by atoms with Crippen molar-refractivity contribution in [3.8, 4) is 6.07 Å². The first-order chi connectivity index (χ1) is 10.3. The third-order valence-electron chi connectivity index (χ3n) is 3.19. The molecule has 21 heavy (non-hydrogen) atoms. The Morgan fingerprint density at radius 3 is 2.52 bits per heavy atom. The number of furan rings is 1. The second kappa shape index (κ2) is 5.51. The van der Waals surface area contributed by atoms with Gasteiger partial charge < -0.3 is 9.73 Å². The van der Waals surface area contributed by atoms with Crippen molar-refractivity contribution < 1.29 is 9.21 Å². The molecular weight excluding hydrogens is 264 g/mol. The number of fused-ring (bicyclic) bond motifs is 1. The van der Waals surface area contributed by atoms with Gasteiger partial charge in [0.2, 0.25) is 0 Å². The van der Waals surface area contributed by atoms with Crippen molar-refractivity contribution in [1.82, 2.24) is 5.32 Å². The zero-order chi connectivity index (χ0) is 14.7. The molecule has 0 aliphatic rings. The molecule has 0 aliphatic carbocycles. The molecule has 0 saturated carbocycles. The Hall–Kier alpha value is -3.06. The molecule has 0 fully saturated rings. The smallest absolute Gasteiger partial charge is 0.288 e. The number of nitrogens with one attached hydrogen (secondary N) is 1. The van der Waals surface area contributed by atoms with Gasteiger partial charge in [0.15, 0.2) is 5.76 Å². The average molecular weight is 276 g/mol. The highest BCUT2D eigenvalue weighted by molar-refractivity contribution is 5.96. The number of para-hydroxylation sites is 1. The second-order valence-electron chi connectivity index (χ2n) is 4.59. The van der Waals surface area contributed by atoms with E-state index in [2.05, 4.69) is 11.4 Å². The summed E-state index contributed by atoms with van der Waals surface area (Å²) in [7, 11) is 0. The quantitative estimate of drug-likeness (QED) is 0.797. The van der Waals surface area contributed by atoms with Crippen LogP contribution in [0.3, 0.4) is 0 Å². The van der Waals surface area contributed by atoms with Crippen molar-refractivity contribution in [2.75, 3.05) is 0 Å². The first-order valence-corrected chi connectivity index (χ1v) is 6.52. The molecule has 3 aromatic rings. The second-order valence-corrected chi connectivity index (χ2v) is 4.59. The van der Waals surface area contributed by atoms with Crippen LogP contribution in [0, 0.1) is 11.3 Å². The highest BCUT2D eigenvalue weighted by Gasteiger charge is 2.17. The van der Waals surface area contributed by atoms with Crippen LogP contribution >= 0.6 is 0 Å². The maximum atomic E-state index is 12.2. The van der Waals surface area contributed by atoms with Crippen LogP contribution in [-0.4, -0.2) is 5.91 Å². The fourth-order valence-electron chi connectivity index (χ4n) is 2.13. The molecule has 1 atom stereocenters. The number of carbonyl (C=O) groups excluding carboxylic acids is 1. The first-order valence-electron chi connectivity index (χ1n) is 6.52. The Balaban J connectivity index is 1.83. The van der Waals surface area contributed by atoms with Crippen LogP contribution in [0.2, 0.25) is 0 Å². The van der Waals surface area contributed by atoms with E-state index in [0.29, 0.717) is 5.58 Å². The van der Waals surface area contributed by atoms with Gasteiger partial charge in [-0.05, 0) is 17.7 Å². The molecule has 0 saturated heterocycles. The topological polar surface area (TPSA) is 66.0 Å². The zero-order valence-corrected chi connectivity index (χ0v) is 11.1. The number of benzene rings is 2. The van der Waals surface area contributed by atoms with Gasteiger partial charge >= 0.3 is 0 Å². The molecule has 0 radical (unpaired) electrons. The van der Waals surface area contributed by atoms with E-state index in [1.54, 1.807) is 24.3 Å². The molecule has 0 aliphatic heterocycles. The number of hydrogen-bond donors (Lipinski definition) is 1. The average Bonchev–Trinajstić information content (AvgIpc) is 2.97. The number of nitriles is 1. The summed E-state index contributed by atoms with van der Waals surface area (Å²) in [4.78, 5) is 12.2. The zero-order valence-electron chi connectivity index (χ0n) is 11.1. The summed E-state index contributed by atoms with van der Waals surface area (Å²) >= 11 is 0. The van der Waals surface area contributed by atoms with Gasteiger partial charge in [0.05, 0.1) is 6.07 Å². The summed E-state index contributed by atoms with van der Waals surface area (Å²) in [5.74, 6) is -0.200. The number of carbonyl (C=O) groups is 1. The van der Waals surface area contributed by atoms with E-state index < -0.39 is 11.9 Å². The molecular formula is C17H12N2O2. The SMILES string of the molecule is N#CC(NC(=O)c1cc2ccccc2o1)c1ccccc1. The van der Waals surface area contributed by atoms with Gasteiger partial charge in [0.25, 0.3) is 5.91 Å². The molecule has 1 amide bonds. The van der Waals surface area contributed by atoms with Crippen LogP contribution in [0.15, 0.2) is 65.1 Å². The highest BCUT2D eigenvalue weighted by atomic mass is 16.3. The third kappa shape index (κ3) is 2.63. The summed E-state index contributed by atoms with van der Waals surface area (Å²) in [6, 6.07) is 19.5. The predicted octanol–water partition coefficient (Wildman–Crippen LogP) is 3.43. The third-order valence-corrected chi connectivity index (χ3v) is 3.19. The minimum Gasteiger partial charge on any atom is -0.451 e. The van der Waals surface area contributed by atoms with E-state index in [4.69, 9.17) is 4.42 Å². The van der Waals surface area contributed by atoms with E-state index in [1.165, 1.54) is 0 Å². The van der Waals surface area contributed by atoms with E-state index in [-0.39, 0.29) is 5.76 Å². The Morgan fingerprint density at radius 2 is 1.81 bits per heavy atom. The molecule has 0 spiro atoms. The molecule has 1 unspecified atom stereocenters. The fourth-order valence-corrected chi connectivity index (χ4v) is 2.13. The lowest BCUT2D eigenvalue weighted by molar-refractivity contribution is 0.0919. The van der Waals surface area contributed by atoms with Crippen LogP contribution in [0.25, 0.3) is 11.0 Å². The molecule has 1 N–H and O–H groups in total. The summed E-state index contributed by atoms with van der Waals surface area (Å²) in [5.41, 5.74) is 1.39. The van der Waals surface area contributed by atoms with Crippen LogP contribution in [0.4, 0.5) is 0 Å². The van der Waals surface area contributed by atoms with Crippen LogP contribution in [0.1, 0.15) is 22.2 Å². The summed E-state index contributed by atoms with van der Waals surface area (Å²) in [5, 5.41) is 12.7. The maximum Gasteiger partial charge on any atom is 0.288 e. The molecule has 102 valence electrons. The molecule has 4 heteroatoms. The van der Waals surface area contributed by atoms with Crippen molar-refractivity contribution in [1.29, 1.82) is 5.26 Å². The van der Waals surface area contributed by atoms with Gasteiger partial charge in [-0.25, -0.2) is 0 Å². The van der Waals surface area contributed by atoms with Crippen molar-refractivity contribution >= 4 is 16.9 Å². The first kappa shape index (κ1) is 12.9. The summed E-state index contributed by atoms with van der Waals surface area (Å²) < 4.78 is 5.49. The maximum absolute atomic E-state index is 12.2. The van der Waals surface area contributed by atoms with Gasteiger partial charge in [-0.3, -0.25) is 4.79 Å². The highest BCUT2D eigenvalue weighted by Crippen LogP contribution is 2.20. The molecule has 1 heterocycles. The molecule has 3 rings (SSSR count). The normalized spacial score (nSPS) is 11.8. The van der Waals surface area contributed by atoms with Crippen LogP contribution in [0.5, 0.6) is 0 Å². The van der Waals surface area contributed by atoms with E-state index >= 15 is 0 Å². The van der Waals surface area contributed by atoms with Crippen molar-refractivity contribution in [2.45, 2.75) is 6.04 Å². The summed E-state index contributed by atoms with van der Waals surface area (Å²) in [6.45, 7) is 0. The Bertz CT molecular complexity index is 782. The lowest BCUT2D eigenvalue weighted by atomic mass is 10.1. The molecule has 1 aromatic heterocycles. The number of nitrogens with zero attached hydrogens (tertiary/aromatic N) is 1. The largest absolute Gasteiger partial charge is 0.451 e. The van der Waals surface area contributed by atoms with E-state index in [1.807, 2.05) is 36.4 Å². The van der Waals surface area contributed by atoms with Gasteiger partial charge in [-0.2, -0.15) is 5.26 Å². The molecule has 0 bridgehead atoms. The lowest BCUT2D eigenvalue weighted by Gasteiger charge is -2.10. The standard InChI is InChI=1S/C17H12N2O2/c18-11-14(12-6-2-1-3-7-12)19-17(20)16-10-13-8-4-5-9-15(13)21-16/h1-10,14H,(H,19,20). The Labute approximate surface area is 121 Å². The van der Waals surface area contributed by atoms with Gasteiger partial charge in [0, 0.05) is 5.39 Å². The number of rotatable bonds is 3. The minimum absolute atomic E-state index is 0.201. The molecule has 2 aromatic carbocycles. The fraction of sp³-hybridized carbons (Fsp3) is 0.0588. The summed E-state index contributed by atoms with van der Waals surface area (Å²) in [6.07, 6.45) is 0. The predicted molar refractivity (Wildman–Crippen MR) is 78.5 cm³/mol. The van der Waals surface area contributed by atoms with Crippen molar-refractivity contribution in [2.24, 2.45) is 0 Å². The number of amides is 1. The van der Waals surface area contributed by atoms with Gasteiger partial charge in [-0.15, -0.1) is 0 Å². The lowest BCUT2D eigenvalue weighted by Crippen LogP contribution is -2.27. The number of hydrogen-bond acceptors (Lipinski definition) is 3. The van der Waals surface area contributed by atoms with Crippen LogP contribution < -0.4 is 5.32 Å². The van der Waals surface area contributed by atoms with Crippen molar-refractivity contribution in [3.05, 3.63) is 72.0 Å².